The van der Waals surface area contributed by atoms with Gasteiger partial charge < -0.3 is 19.7 Å². The standard InChI is InChI=1S/C28H22BrN3O6/c1-38-21-8-9-23-22(14-21)18(15-30-23)10-11-31-25(16-4-2-6-19(29)12-16)24(27(34)28(31)35)26(33)17-5-3-7-20(13-17)32(36)37/h2-9,12-15,25,30,33H,10-11H2,1H3/t25-/m1/s1. The number of nitro benzene ring substituents is 1. The summed E-state index contributed by atoms with van der Waals surface area (Å²) in [5.41, 5.74) is 2.20. The topological polar surface area (TPSA) is 126 Å². The van der Waals surface area contributed by atoms with Crippen LogP contribution >= 0.6 is 15.9 Å². The van der Waals surface area contributed by atoms with Crippen LogP contribution in [-0.2, 0) is 16.0 Å². The molecule has 4 aromatic rings. The number of aromatic nitrogens is 1. The monoisotopic (exact) mass is 575 g/mol. The van der Waals surface area contributed by atoms with Gasteiger partial charge in [-0.2, -0.15) is 0 Å². The van der Waals surface area contributed by atoms with E-state index in [1.807, 2.05) is 30.5 Å². The number of halogens is 1. The van der Waals surface area contributed by atoms with Gasteiger partial charge in [-0.15, -0.1) is 0 Å². The Morgan fingerprint density at radius 2 is 1.92 bits per heavy atom. The van der Waals surface area contributed by atoms with Gasteiger partial charge in [0.25, 0.3) is 17.4 Å². The number of methoxy groups -OCH3 is 1. The molecule has 1 aliphatic heterocycles. The van der Waals surface area contributed by atoms with Crippen LogP contribution in [0.3, 0.4) is 0 Å². The maximum absolute atomic E-state index is 13.3. The van der Waals surface area contributed by atoms with Crippen molar-refractivity contribution in [2.45, 2.75) is 12.5 Å². The first-order valence-corrected chi connectivity index (χ1v) is 12.5. The largest absolute Gasteiger partial charge is 0.507 e. The predicted octanol–water partition coefficient (Wildman–Crippen LogP) is 5.51. The molecule has 0 radical (unpaired) electrons. The minimum absolute atomic E-state index is 0.0842. The molecule has 0 saturated carbocycles. The van der Waals surface area contributed by atoms with Gasteiger partial charge in [0.1, 0.15) is 11.5 Å². The summed E-state index contributed by atoms with van der Waals surface area (Å²) >= 11 is 3.44. The molecular weight excluding hydrogens is 554 g/mol. The van der Waals surface area contributed by atoms with E-state index in [0.717, 1.165) is 20.9 Å². The van der Waals surface area contributed by atoms with E-state index in [1.54, 1.807) is 25.3 Å². The molecule has 0 aliphatic carbocycles. The number of amides is 1. The molecule has 192 valence electrons. The number of H-pyrrole nitrogens is 1. The third kappa shape index (κ3) is 4.54. The van der Waals surface area contributed by atoms with E-state index in [1.165, 1.54) is 29.2 Å². The predicted molar refractivity (Wildman–Crippen MR) is 145 cm³/mol. The van der Waals surface area contributed by atoms with E-state index in [0.29, 0.717) is 17.7 Å². The number of carbonyl (C=O) groups is 2. The van der Waals surface area contributed by atoms with Gasteiger partial charge in [-0.3, -0.25) is 19.7 Å². The second-order valence-electron chi connectivity index (χ2n) is 8.83. The molecule has 0 bridgehead atoms. The molecular formula is C28H22BrN3O6. The van der Waals surface area contributed by atoms with Crippen LogP contribution in [-0.4, -0.2) is 45.3 Å². The fourth-order valence-electron chi connectivity index (χ4n) is 4.79. The summed E-state index contributed by atoms with van der Waals surface area (Å²) in [4.78, 5) is 41.9. The molecule has 5 rings (SSSR count). The Balaban J connectivity index is 1.57. The molecule has 2 N–H and O–H groups in total. The number of carbonyl (C=O) groups excluding carboxylic acids is 2. The number of aliphatic hydroxyl groups excluding tert-OH is 1. The zero-order chi connectivity index (χ0) is 27.0. The van der Waals surface area contributed by atoms with Crippen molar-refractivity contribution in [2.75, 3.05) is 13.7 Å². The molecule has 10 heteroatoms. The van der Waals surface area contributed by atoms with Crippen molar-refractivity contribution in [3.05, 3.63) is 110 Å². The van der Waals surface area contributed by atoms with Crippen LogP contribution in [0.2, 0.25) is 0 Å². The highest BCUT2D eigenvalue weighted by molar-refractivity contribution is 9.10. The Morgan fingerprint density at radius 3 is 2.66 bits per heavy atom. The number of hydrogen-bond donors (Lipinski definition) is 2. The lowest BCUT2D eigenvalue weighted by Crippen LogP contribution is -2.31. The average molecular weight is 576 g/mol. The number of ether oxygens (including phenoxy) is 1. The van der Waals surface area contributed by atoms with E-state index < -0.39 is 28.4 Å². The van der Waals surface area contributed by atoms with Crippen molar-refractivity contribution < 1.29 is 24.4 Å². The minimum atomic E-state index is -0.883. The van der Waals surface area contributed by atoms with Gasteiger partial charge in [0, 0.05) is 45.8 Å². The first-order valence-electron chi connectivity index (χ1n) is 11.7. The second kappa shape index (κ2) is 10.1. The number of aliphatic hydroxyl groups is 1. The van der Waals surface area contributed by atoms with Crippen molar-refractivity contribution in [1.82, 2.24) is 9.88 Å². The number of non-ortho nitro benzene ring substituents is 1. The highest BCUT2D eigenvalue weighted by atomic mass is 79.9. The van der Waals surface area contributed by atoms with E-state index in [-0.39, 0.29) is 23.4 Å². The Bertz CT molecular complexity index is 1630. The highest BCUT2D eigenvalue weighted by Crippen LogP contribution is 2.40. The lowest BCUT2D eigenvalue weighted by atomic mass is 9.95. The number of nitro groups is 1. The maximum atomic E-state index is 13.3. The molecule has 1 aliphatic rings. The molecule has 0 unspecified atom stereocenters. The van der Waals surface area contributed by atoms with Gasteiger partial charge in [0.15, 0.2) is 0 Å². The zero-order valence-electron chi connectivity index (χ0n) is 20.2. The molecule has 1 aromatic heterocycles. The van der Waals surface area contributed by atoms with Crippen molar-refractivity contribution in [3.8, 4) is 5.75 Å². The van der Waals surface area contributed by atoms with Crippen LogP contribution < -0.4 is 4.74 Å². The number of Topliss-reactive ketones (excluding diaryl/α,β-unsaturated/α-hetero) is 1. The van der Waals surface area contributed by atoms with E-state index in [9.17, 15) is 24.8 Å². The summed E-state index contributed by atoms with van der Waals surface area (Å²) in [6.45, 7) is 0.192. The van der Waals surface area contributed by atoms with Gasteiger partial charge >= 0.3 is 0 Å². The van der Waals surface area contributed by atoms with Gasteiger partial charge in [-0.1, -0.05) is 40.2 Å². The Labute approximate surface area is 225 Å². The minimum Gasteiger partial charge on any atom is -0.507 e. The molecule has 1 amide bonds. The summed E-state index contributed by atoms with van der Waals surface area (Å²) in [7, 11) is 1.59. The third-order valence-corrected chi connectivity index (χ3v) is 7.12. The highest BCUT2D eigenvalue weighted by Gasteiger charge is 2.46. The molecule has 38 heavy (non-hydrogen) atoms. The lowest BCUT2D eigenvalue weighted by molar-refractivity contribution is -0.384. The fraction of sp³-hybridized carbons (Fsp3) is 0.143. The van der Waals surface area contributed by atoms with Crippen LogP contribution in [0, 0.1) is 10.1 Å². The van der Waals surface area contributed by atoms with E-state index in [2.05, 4.69) is 20.9 Å². The first kappa shape index (κ1) is 25.2. The number of hydrogen-bond acceptors (Lipinski definition) is 6. The van der Waals surface area contributed by atoms with Crippen LogP contribution in [0.25, 0.3) is 16.7 Å². The number of rotatable bonds is 7. The Kier molecular flexibility index (Phi) is 6.73. The van der Waals surface area contributed by atoms with Crippen molar-refractivity contribution in [2.24, 2.45) is 0 Å². The molecule has 1 atom stereocenters. The van der Waals surface area contributed by atoms with Crippen LogP contribution in [0.1, 0.15) is 22.7 Å². The lowest BCUT2D eigenvalue weighted by Gasteiger charge is -2.25. The number of nitrogens with zero attached hydrogens (tertiary/aromatic N) is 2. The van der Waals surface area contributed by atoms with E-state index >= 15 is 0 Å². The van der Waals surface area contributed by atoms with Crippen LogP contribution in [0.15, 0.2) is 83.0 Å². The van der Waals surface area contributed by atoms with Gasteiger partial charge in [-0.05, 0) is 47.9 Å². The molecule has 1 saturated heterocycles. The van der Waals surface area contributed by atoms with E-state index in [4.69, 9.17) is 4.74 Å². The quantitative estimate of drug-likeness (QED) is 0.0983. The zero-order valence-corrected chi connectivity index (χ0v) is 21.8. The summed E-state index contributed by atoms with van der Waals surface area (Å²) in [5, 5.41) is 23.4. The summed E-state index contributed by atoms with van der Waals surface area (Å²) in [5.74, 6) is -1.36. The average Bonchev–Trinajstić information content (AvgIpc) is 3.44. The smallest absolute Gasteiger partial charge is 0.295 e. The first-order chi connectivity index (χ1) is 18.3. The number of fused-ring (bicyclic) bond motifs is 1. The number of aromatic amines is 1. The molecule has 9 nitrogen and oxygen atoms in total. The SMILES string of the molecule is COc1ccc2[nH]cc(CCN3C(=O)C(=O)C(=C(O)c4cccc([N+](=O)[O-])c4)[C@H]3c3cccc(Br)c3)c2c1. The van der Waals surface area contributed by atoms with Gasteiger partial charge in [0.05, 0.1) is 23.6 Å². The Morgan fingerprint density at radius 1 is 1.13 bits per heavy atom. The summed E-state index contributed by atoms with van der Waals surface area (Å²) in [6, 6.07) is 17.3. The van der Waals surface area contributed by atoms with Crippen molar-refractivity contribution in [3.63, 3.8) is 0 Å². The molecule has 0 spiro atoms. The van der Waals surface area contributed by atoms with Gasteiger partial charge in [0.2, 0.25) is 0 Å². The Hall–Kier alpha value is -4.44. The normalized spacial score (nSPS) is 16.8. The third-order valence-electron chi connectivity index (χ3n) is 6.63. The molecule has 2 heterocycles. The molecule has 1 fully saturated rings. The second-order valence-corrected chi connectivity index (χ2v) is 9.75. The summed E-state index contributed by atoms with van der Waals surface area (Å²) in [6.07, 6.45) is 2.29. The fourth-order valence-corrected chi connectivity index (χ4v) is 5.21. The van der Waals surface area contributed by atoms with Gasteiger partial charge in [-0.25, -0.2) is 0 Å². The van der Waals surface area contributed by atoms with Crippen LogP contribution in [0.4, 0.5) is 5.69 Å². The van der Waals surface area contributed by atoms with Crippen molar-refractivity contribution >= 4 is 50.0 Å². The number of nitrogens with one attached hydrogen (secondary N) is 1. The summed E-state index contributed by atoms with van der Waals surface area (Å²) < 4.78 is 6.08. The van der Waals surface area contributed by atoms with Crippen LogP contribution in [0.5, 0.6) is 5.75 Å². The maximum Gasteiger partial charge on any atom is 0.295 e. The van der Waals surface area contributed by atoms with Crippen molar-refractivity contribution in [1.29, 1.82) is 0 Å². The number of ketones is 1. The molecule has 3 aromatic carbocycles. The number of likely N-dealkylation sites (tertiary alicyclic amines) is 1. The number of benzene rings is 3.